The van der Waals surface area contributed by atoms with Gasteiger partial charge >= 0.3 is 0 Å². The van der Waals surface area contributed by atoms with Gasteiger partial charge < -0.3 is 5.32 Å². The topological polar surface area (TPSA) is 72.7 Å². The Hall–Kier alpha value is -2.09. The number of rotatable bonds is 6. The first kappa shape index (κ1) is 23.1. The Kier molecular flexibility index (Phi) is 8.05. The van der Waals surface area contributed by atoms with Crippen LogP contribution in [-0.2, 0) is 4.79 Å². The summed E-state index contributed by atoms with van der Waals surface area (Å²) in [5.74, 6) is 0.912. The lowest BCUT2D eigenvalue weighted by atomic mass is 9.97. The first-order chi connectivity index (χ1) is 15.6. The van der Waals surface area contributed by atoms with Gasteiger partial charge in [0.05, 0.1) is 21.5 Å². The molecule has 2 aromatic heterocycles. The van der Waals surface area contributed by atoms with Crippen molar-refractivity contribution in [2.45, 2.75) is 56.1 Å². The fourth-order valence-corrected chi connectivity index (χ4v) is 4.96. The largest absolute Gasteiger partial charge is 0.353 e. The molecule has 0 unspecified atom stereocenters. The highest BCUT2D eigenvalue weighted by molar-refractivity contribution is 7.99. The predicted octanol–water partition coefficient (Wildman–Crippen LogP) is 5.96. The van der Waals surface area contributed by atoms with Gasteiger partial charge in [0, 0.05) is 24.0 Å². The summed E-state index contributed by atoms with van der Waals surface area (Å²) in [5.41, 5.74) is 1.59. The zero-order valence-electron chi connectivity index (χ0n) is 17.6. The fourth-order valence-electron chi connectivity index (χ4n) is 3.90. The third-order valence-corrected chi connectivity index (χ3v) is 7.19. The van der Waals surface area contributed by atoms with E-state index in [0.717, 1.165) is 24.1 Å². The highest BCUT2D eigenvalue weighted by Crippen LogP contribution is 2.31. The number of nitrogens with one attached hydrogen (secondary N) is 1. The molecule has 1 saturated carbocycles. The monoisotopic (exact) mass is 489 g/mol. The van der Waals surface area contributed by atoms with Gasteiger partial charge in [0.25, 0.3) is 0 Å². The van der Waals surface area contributed by atoms with E-state index in [2.05, 4.69) is 20.5 Å². The van der Waals surface area contributed by atoms with Crippen molar-refractivity contribution >= 4 is 40.9 Å². The van der Waals surface area contributed by atoms with E-state index in [1.54, 1.807) is 24.5 Å². The molecule has 0 saturated heterocycles. The van der Waals surface area contributed by atoms with E-state index in [9.17, 15) is 4.79 Å². The van der Waals surface area contributed by atoms with Crippen molar-refractivity contribution in [2.24, 2.45) is 0 Å². The van der Waals surface area contributed by atoms with E-state index in [1.165, 1.54) is 43.9 Å². The number of nitrogens with zero attached hydrogens (tertiary/aromatic N) is 4. The molecular formula is C23H25Cl2N5OS. The summed E-state index contributed by atoms with van der Waals surface area (Å²) in [6.45, 7) is 0. The molecule has 1 amide bonds. The second kappa shape index (κ2) is 11.2. The van der Waals surface area contributed by atoms with Crippen LogP contribution >= 0.6 is 35.0 Å². The lowest BCUT2D eigenvalue weighted by Gasteiger charge is -2.21. The highest BCUT2D eigenvalue weighted by Gasteiger charge is 2.19. The molecule has 1 aliphatic carbocycles. The van der Waals surface area contributed by atoms with Crippen molar-refractivity contribution in [1.29, 1.82) is 0 Å². The highest BCUT2D eigenvalue weighted by atomic mass is 35.5. The van der Waals surface area contributed by atoms with Crippen LogP contribution in [0.4, 0.5) is 0 Å². The van der Waals surface area contributed by atoms with Crippen molar-refractivity contribution in [2.75, 3.05) is 5.75 Å². The molecule has 0 radical (unpaired) electrons. The minimum absolute atomic E-state index is 0.0205. The van der Waals surface area contributed by atoms with Gasteiger partial charge in [0.1, 0.15) is 0 Å². The number of aromatic nitrogens is 4. The molecule has 0 spiro atoms. The summed E-state index contributed by atoms with van der Waals surface area (Å²) in [7, 11) is 0. The Labute approximate surface area is 202 Å². The van der Waals surface area contributed by atoms with Crippen LogP contribution in [0.5, 0.6) is 0 Å². The fraction of sp³-hybridized carbons (Fsp3) is 0.391. The number of hydrogen-bond donors (Lipinski definition) is 1. The number of hydrogen-bond acceptors (Lipinski definition) is 5. The quantitative estimate of drug-likeness (QED) is 0.432. The first-order valence-electron chi connectivity index (χ1n) is 10.9. The van der Waals surface area contributed by atoms with Crippen LogP contribution < -0.4 is 5.32 Å². The van der Waals surface area contributed by atoms with Gasteiger partial charge in [-0.2, -0.15) is 0 Å². The number of pyridine rings is 1. The maximum atomic E-state index is 12.7. The minimum Gasteiger partial charge on any atom is -0.353 e. The Morgan fingerprint density at radius 2 is 1.84 bits per heavy atom. The van der Waals surface area contributed by atoms with E-state index < -0.39 is 0 Å². The van der Waals surface area contributed by atoms with Gasteiger partial charge in [-0.15, -0.1) is 10.2 Å². The molecule has 4 rings (SSSR count). The lowest BCUT2D eigenvalue weighted by molar-refractivity contribution is -0.119. The molecule has 0 aliphatic heterocycles. The summed E-state index contributed by atoms with van der Waals surface area (Å²) in [6.07, 6.45) is 11.7. The van der Waals surface area contributed by atoms with Crippen molar-refractivity contribution in [3.8, 4) is 17.1 Å². The Balaban J connectivity index is 1.53. The number of carbonyl (C=O) groups is 1. The van der Waals surface area contributed by atoms with Crippen molar-refractivity contribution in [3.05, 3.63) is 52.8 Å². The Morgan fingerprint density at radius 3 is 2.56 bits per heavy atom. The summed E-state index contributed by atoms with van der Waals surface area (Å²) in [5, 5.41) is 13.5. The van der Waals surface area contributed by atoms with E-state index in [-0.39, 0.29) is 17.7 Å². The van der Waals surface area contributed by atoms with Crippen LogP contribution in [0.3, 0.4) is 0 Å². The molecule has 1 aliphatic rings. The molecule has 6 nitrogen and oxygen atoms in total. The second-order valence-electron chi connectivity index (χ2n) is 7.88. The molecule has 1 fully saturated rings. The third kappa shape index (κ3) is 5.82. The van der Waals surface area contributed by atoms with E-state index in [4.69, 9.17) is 23.2 Å². The number of carbonyl (C=O) groups excluding carboxylic acids is 1. The SMILES string of the molecule is O=C(CSc1nnc(-c2cccnc2)n1-c1ccc(Cl)c(Cl)c1)NC1CCCCCCC1. The zero-order chi connectivity index (χ0) is 22.3. The van der Waals surface area contributed by atoms with Crippen molar-refractivity contribution < 1.29 is 4.79 Å². The number of amides is 1. The summed E-state index contributed by atoms with van der Waals surface area (Å²) in [4.78, 5) is 16.9. The van der Waals surface area contributed by atoms with Gasteiger partial charge in [0.15, 0.2) is 11.0 Å². The van der Waals surface area contributed by atoms with Crippen LogP contribution in [0.25, 0.3) is 17.1 Å². The molecule has 0 bridgehead atoms. The summed E-state index contributed by atoms with van der Waals surface area (Å²) < 4.78 is 1.88. The molecular weight excluding hydrogens is 465 g/mol. The van der Waals surface area contributed by atoms with Crippen LogP contribution in [0, 0.1) is 0 Å². The molecule has 3 aromatic rings. The number of benzene rings is 1. The summed E-state index contributed by atoms with van der Waals surface area (Å²) in [6, 6.07) is 9.39. The normalized spacial score (nSPS) is 15.2. The molecule has 1 N–H and O–H groups in total. The number of halogens is 2. The molecule has 32 heavy (non-hydrogen) atoms. The molecule has 2 heterocycles. The smallest absolute Gasteiger partial charge is 0.230 e. The van der Waals surface area contributed by atoms with Gasteiger partial charge in [-0.05, 0) is 43.2 Å². The molecule has 9 heteroatoms. The van der Waals surface area contributed by atoms with Gasteiger partial charge in [-0.3, -0.25) is 14.3 Å². The number of thioether (sulfide) groups is 1. The van der Waals surface area contributed by atoms with Gasteiger partial charge in [-0.25, -0.2) is 0 Å². The van der Waals surface area contributed by atoms with Crippen molar-refractivity contribution in [1.82, 2.24) is 25.1 Å². The van der Waals surface area contributed by atoms with Crippen molar-refractivity contribution in [3.63, 3.8) is 0 Å². The van der Waals surface area contributed by atoms with E-state index >= 15 is 0 Å². The van der Waals surface area contributed by atoms with Gasteiger partial charge in [-0.1, -0.05) is 67.1 Å². The zero-order valence-corrected chi connectivity index (χ0v) is 20.0. The van der Waals surface area contributed by atoms with Crippen LogP contribution in [-0.4, -0.2) is 37.5 Å². The molecule has 1 aromatic carbocycles. The van der Waals surface area contributed by atoms with Crippen LogP contribution in [0.1, 0.15) is 44.9 Å². The minimum atomic E-state index is 0.0205. The predicted molar refractivity (Wildman–Crippen MR) is 130 cm³/mol. The average Bonchev–Trinajstić information content (AvgIpc) is 3.20. The maximum Gasteiger partial charge on any atom is 0.230 e. The first-order valence-corrected chi connectivity index (χ1v) is 12.6. The van der Waals surface area contributed by atoms with E-state index in [1.807, 2.05) is 22.8 Å². The lowest BCUT2D eigenvalue weighted by Crippen LogP contribution is -2.36. The van der Waals surface area contributed by atoms with Crippen LogP contribution in [0.2, 0.25) is 10.0 Å². The maximum absolute atomic E-state index is 12.7. The average molecular weight is 490 g/mol. The Bertz CT molecular complexity index is 1050. The van der Waals surface area contributed by atoms with Gasteiger partial charge in [0.2, 0.25) is 5.91 Å². The standard InChI is InChI=1S/C23H25Cl2N5OS/c24-19-11-10-18(13-20(19)25)30-22(16-7-6-12-26-14-16)28-29-23(30)32-15-21(31)27-17-8-4-2-1-3-5-9-17/h6-7,10-14,17H,1-5,8-9,15H2,(H,27,31). The molecule has 168 valence electrons. The van der Waals surface area contributed by atoms with Crippen LogP contribution in [0.15, 0.2) is 47.9 Å². The third-order valence-electron chi connectivity index (χ3n) is 5.52. The molecule has 0 atom stereocenters. The Morgan fingerprint density at radius 1 is 1.06 bits per heavy atom. The second-order valence-corrected chi connectivity index (χ2v) is 9.64. The summed E-state index contributed by atoms with van der Waals surface area (Å²) >= 11 is 13.7. The van der Waals surface area contributed by atoms with E-state index in [0.29, 0.717) is 21.0 Å².